The van der Waals surface area contributed by atoms with E-state index in [-0.39, 0.29) is 34.5 Å². The summed E-state index contributed by atoms with van der Waals surface area (Å²) in [6, 6.07) is 15.1. The van der Waals surface area contributed by atoms with Gasteiger partial charge < -0.3 is 21.5 Å². The zero-order chi connectivity index (χ0) is 25.6. The van der Waals surface area contributed by atoms with Crippen molar-refractivity contribution in [2.24, 2.45) is 5.73 Å². The number of alkyl halides is 3. The molecule has 12 heteroatoms. The van der Waals surface area contributed by atoms with Crippen molar-refractivity contribution in [3.63, 3.8) is 0 Å². The highest BCUT2D eigenvalue weighted by Crippen LogP contribution is 2.32. The Morgan fingerprint density at radius 2 is 1.89 bits per heavy atom. The third kappa shape index (κ3) is 6.07. The molecule has 0 bridgehead atoms. The van der Waals surface area contributed by atoms with Gasteiger partial charge in [-0.1, -0.05) is 36.4 Å². The molecule has 5 N–H and O–H groups in total. The lowest BCUT2D eigenvalue weighted by molar-refractivity contribution is -0.137. The van der Waals surface area contributed by atoms with Crippen molar-refractivity contribution in [3.8, 4) is 6.07 Å². The van der Waals surface area contributed by atoms with Gasteiger partial charge in [-0.05, 0) is 30.0 Å². The third-order valence-corrected chi connectivity index (χ3v) is 5.60. The predicted octanol–water partition coefficient (Wildman–Crippen LogP) is 3.68. The fraction of sp³-hybridized carbons (Fsp3) is 0.217. The van der Waals surface area contributed by atoms with Gasteiger partial charge >= 0.3 is 6.18 Å². The lowest BCUT2D eigenvalue weighted by Gasteiger charge is -2.29. The smallest absolute Gasteiger partial charge is 0.374 e. The van der Waals surface area contributed by atoms with Gasteiger partial charge in [0.25, 0.3) is 5.91 Å². The maximum atomic E-state index is 13.4. The number of benzene rings is 2. The lowest BCUT2D eigenvalue weighted by atomic mass is 9.92. The number of anilines is 2. The summed E-state index contributed by atoms with van der Waals surface area (Å²) in [6.07, 6.45) is -2.96. The van der Waals surface area contributed by atoms with E-state index in [2.05, 4.69) is 15.3 Å². The molecule has 35 heavy (non-hydrogen) atoms. The van der Waals surface area contributed by atoms with Crippen molar-refractivity contribution in [2.75, 3.05) is 23.9 Å². The Morgan fingerprint density at radius 1 is 1.17 bits per heavy atom. The molecule has 0 radical (unpaired) electrons. The van der Waals surface area contributed by atoms with Gasteiger partial charge in [0.15, 0.2) is 5.54 Å². The highest BCUT2D eigenvalue weighted by molar-refractivity contribution is 7.98. The zero-order valence-corrected chi connectivity index (χ0v) is 19.3. The minimum Gasteiger partial charge on any atom is -0.374 e. The number of thioether (sulfide) groups is 1. The summed E-state index contributed by atoms with van der Waals surface area (Å²) < 4.78 is 45.1. The molecule has 0 aliphatic carbocycles. The molecule has 1 atom stereocenters. The molecule has 3 rings (SSSR count). The molecular weight excluding hydrogens is 481 g/mol. The Labute approximate surface area is 203 Å². The van der Waals surface area contributed by atoms with Crippen LogP contribution in [0.5, 0.6) is 0 Å². The van der Waals surface area contributed by atoms with Gasteiger partial charge in [-0.15, -0.1) is 11.8 Å². The van der Waals surface area contributed by atoms with Crippen LogP contribution in [-0.4, -0.2) is 28.7 Å². The number of rotatable bonds is 8. The van der Waals surface area contributed by atoms with Crippen molar-refractivity contribution in [1.82, 2.24) is 9.97 Å². The predicted molar refractivity (Wildman–Crippen MR) is 125 cm³/mol. The zero-order valence-electron chi connectivity index (χ0n) is 18.5. The summed E-state index contributed by atoms with van der Waals surface area (Å²) in [4.78, 5) is 21.5. The molecule has 1 amide bonds. The molecule has 0 spiro atoms. The number of hydrogen-bond acceptors (Lipinski definition) is 8. The average molecular weight is 503 g/mol. The second-order valence-electron chi connectivity index (χ2n) is 7.41. The Morgan fingerprint density at radius 3 is 2.51 bits per heavy atom. The van der Waals surface area contributed by atoms with Crippen LogP contribution in [0, 0.1) is 11.3 Å². The van der Waals surface area contributed by atoms with Crippen LogP contribution in [0.25, 0.3) is 0 Å². The normalized spacial score (nSPS) is 13.0. The standard InChI is InChI=1S/C23H21F3N6O2S/c1-35-19-17(11-27)18(31-21(28)32-19)22(29,13-34-12-14-6-3-2-4-7-14)20(33)30-16-9-5-8-15(10-16)23(24,25)26/h2-10H,12-13,29H2,1H3,(H,30,33)(H2,28,31,32)/t22-/m1/s1. The van der Waals surface area contributed by atoms with Crippen LogP contribution in [0.1, 0.15) is 22.4 Å². The van der Waals surface area contributed by atoms with Crippen molar-refractivity contribution in [3.05, 3.63) is 77.0 Å². The second-order valence-corrected chi connectivity index (χ2v) is 8.20. The van der Waals surface area contributed by atoms with Crippen LogP contribution in [0.4, 0.5) is 24.8 Å². The summed E-state index contributed by atoms with van der Waals surface area (Å²) in [5, 5.41) is 12.3. The largest absolute Gasteiger partial charge is 0.416 e. The van der Waals surface area contributed by atoms with E-state index in [0.29, 0.717) is 0 Å². The van der Waals surface area contributed by atoms with Gasteiger partial charge in [-0.2, -0.15) is 18.4 Å². The van der Waals surface area contributed by atoms with Gasteiger partial charge in [-0.3, -0.25) is 4.79 Å². The molecule has 8 nitrogen and oxygen atoms in total. The van der Waals surface area contributed by atoms with Crippen LogP contribution in [-0.2, 0) is 27.9 Å². The number of nitrogen functional groups attached to an aromatic ring is 1. The molecular formula is C23H21F3N6O2S. The topological polar surface area (TPSA) is 140 Å². The number of ether oxygens (including phenoxy) is 1. The summed E-state index contributed by atoms with van der Waals surface area (Å²) >= 11 is 1.10. The number of carbonyl (C=O) groups excluding carboxylic acids is 1. The Hall–Kier alpha value is -3.66. The minimum atomic E-state index is -4.61. The number of aromatic nitrogens is 2. The molecule has 0 saturated carbocycles. The number of halogens is 3. The first-order valence-corrected chi connectivity index (χ1v) is 11.3. The number of hydrogen-bond donors (Lipinski definition) is 3. The molecule has 0 unspecified atom stereocenters. The maximum Gasteiger partial charge on any atom is 0.416 e. The van der Waals surface area contributed by atoms with Crippen LogP contribution < -0.4 is 16.8 Å². The number of nitrogens with two attached hydrogens (primary N) is 2. The summed E-state index contributed by atoms with van der Waals surface area (Å²) in [6.45, 7) is -0.375. The van der Waals surface area contributed by atoms with E-state index >= 15 is 0 Å². The van der Waals surface area contributed by atoms with E-state index in [9.17, 15) is 23.2 Å². The number of carbonyl (C=O) groups is 1. The number of nitriles is 1. The Bertz CT molecular complexity index is 1250. The first kappa shape index (κ1) is 26.0. The summed E-state index contributed by atoms with van der Waals surface area (Å²) in [7, 11) is 0. The van der Waals surface area contributed by atoms with Crippen LogP contribution >= 0.6 is 11.8 Å². The lowest BCUT2D eigenvalue weighted by Crippen LogP contribution is -2.53. The molecule has 0 aliphatic heterocycles. The van der Waals surface area contributed by atoms with Gasteiger partial charge in [-0.25, -0.2) is 9.97 Å². The van der Waals surface area contributed by atoms with Gasteiger partial charge in [0, 0.05) is 5.69 Å². The first-order valence-electron chi connectivity index (χ1n) is 10.1. The van der Waals surface area contributed by atoms with E-state index in [4.69, 9.17) is 16.2 Å². The molecule has 2 aromatic carbocycles. The SMILES string of the molecule is CSc1nc(N)nc([C@](N)(COCc2ccccc2)C(=O)Nc2cccc(C(F)(F)F)c2)c1C#N. The highest BCUT2D eigenvalue weighted by Gasteiger charge is 2.42. The molecule has 0 fully saturated rings. The van der Waals surface area contributed by atoms with Crippen molar-refractivity contribution < 1.29 is 22.7 Å². The van der Waals surface area contributed by atoms with Crippen LogP contribution in [0.3, 0.4) is 0 Å². The number of nitrogens with zero attached hydrogens (tertiary/aromatic N) is 3. The van der Waals surface area contributed by atoms with Crippen molar-refractivity contribution >= 4 is 29.3 Å². The molecule has 0 aliphatic rings. The monoisotopic (exact) mass is 502 g/mol. The van der Waals surface area contributed by atoms with Crippen molar-refractivity contribution in [1.29, 1.82) is 5.26 Å². The van der Waals surface area contributed by atoms with Gasteiger partial charge in [0.05, 0.1) is 24.5 Å². The van der Waals surface area contributed by atoms with Gasteiger partial charge in [0.1, 0.15) is 16.7 Å². The van der Waals surface area contributed by atoms with E-state index in [1.165, 1.54) is 6.07 Å². The molecule has 182 valence electrons. The summed E-state index contributed by atoms with van der Waals surface area (Å²) in [5.41, 5.74) is 9.62. The molecule has 3 aromatic rings. The maximum absolute atomic E-state index is 13.4. The van der Waals surface area contributed by atoms with Gasteiger partial charge in [0.2, 0.25) is 5.95 Å². The number of nitrogens with one attached hydrogen (secondary N) is 1. The second kappa shape index (κ2) is 10.7. The fourth-order valence-electron chi connectivity index (χ4n) is 3.19. The van der Waals surface area contributed by atoms with E-state index in [0.717, 1.165) is 35.5 Å². The average Bonchev–Trinajstić information content (AvgIpc) is 2.83. The van der Waals surface area contributed by atoms with E-state index < -0.39 is 29.8 Å². The third-order valence-electron chi connectivity index (χ3n) is 4.92. The Kier molecular flexibility index (Phi) is 7.96. The van der Waals surface area contributed by atoms with E-state index in [1.807, 2.05) is 12.1 Å². The van der Waals surface area contributed by atoms with Crippen LogP contribution in [0.15, 0.2) is 59.6 Å². The Balaban J connectivity index is 2.01. The molecule has 0 saturated heterocycles. The summed E-state index contributed by atoms with van der Waals surface area (Å²) in [5.74, 6) is -1.17. The van der Waals surface area contributed by atoms with Crippen molar-refractivity contribution in [2.45, 2.75) is 23.3 Å². The number of amides is 1. The van der Waals surface area contributed by atoms with E-state index in [1.54, 1.807) is 30.5 Å². The quantitative estimate of drug-likeness (QED) is 0.313. The minimum absolute atomic E-state index is 0.0778. The first-order chi connectivity index (χ1) is 16.6. The van der Waals surface area contributed by atoms with Crippen LogP contribution in [0.2, 0.25) is 0 Å². The highest BCUT2D eigenvalue weighted by atomic mass is 32.2. The molecule has 1 aromatic heterocycles. The fourth-order valence-corrected chi connectivity index (χ4v) is 3.72. The molecule has 1 heterocycles.